The number of allylic oxidation sites excluding steroid dienone is 4. The Balaban J connectivity index is 0.000000255. The maximum Gasteiger partial charge on any atom is 0.336 e. The summed E-state index contributed by atoms with van der Waals surface area (Å²) >= 11 is 0. The van der Waals surface area contributed by atoms with E-state index in [1.807, 2.05) is 24.3 Å². The highest BCUT2D eigenvalue weighted by Gasteiger charge is 2.41. The molecule has 10 rings (SSSR count). The van der Waals surface area contributed by atoms with Gasteiger partial charge in [0.25, 0.3) is 11.4 Å². The fraction of sp³-hybridized carbons (Fsp3) is 0.314. The van der Waals surface area contributed by atoms with Crippen LogP contribution in [0.1, 0.15) is 85.0 Å². The molecule has 0 spiro atoms. The summed E-state index contributed by atoms with van der Waals surface area (Å²) in [5, 5.41) is 29.3. The van der Waals surface area contributed by atoms with Gasteiger partial charge in [-0.15, -0.1) is 24.8 Å². The molecule has 0 aromatic heterocycles. The molecule has 0 amide bonds. The van der Waals surface area contributed by atoms with Gasteiger partial charge in [0.05, 0.1) is 70.3 Å². The molecular weight excluding hydrogens is 1220 g/mol. The third-order valence-electron chi connectivity index (χ3n) is 16.9. The van der Waals surface area contributed by atoms with Crippen LogP contribution < -0.4 is 10.6 Å². The maximum absolute atomic E-state index is 13.6. The molecule has 4 aliphatic rings. The highest BCUT2D eigenvalue weighted by atomic mass is 35.5. The molecule has 22 heteroatoms. The van der Waals surface area contributed by atoms with Crippen molar-refractivity contribution in [3.63, 3.8) is 0 Å². The van der Waals surface area contributed by atoms with Crippen LogP contribution in [0.5, 0.6) is 0 Å². The van der Waals surface area contributed by atoms with Crippen LogP contribution in [0.4, 0.5) is 11.4 Å². The average molecular weight is 1290 g/mol. The number of benzene rings is 6. The van der Waals surface area contributed by atoms with E-state index in [0.717, 1.165) is 52.4 Å². The second-order valence-electron chi connectivity index (χ2n) is 22.4. The number of nitrogens with zero attached hydrogens (tertiary/aromatic N) is 6. The highest BCUT2D eigenvalue weighted by Crippen LogP contribution is 2.42. The summed E-state index contributed by atoms with van der Waals surface area (Å²) in [6.45, 7) is 15.0. The minimum Gasteiger partial charge on any atom is -0.466 e. The smallest absolute Gasteiger partial charge is 0.336 e. The van der Waals surface area contributed by atoms with E-state index >= 15 is 0 Å². The zero-order valence-electron chi connectivity index (χ0n) is 52.4. The number of hydrogen-bond acceptors (Lipinski definition) is 18. The third-order valence-corrected chi connectivity index (χ3v) is 16.9. The standard InChI is InChI=1S/2C35H38N4O6.2ClH/c2*1-24-30(34(40)44-3)32(28-15-10-16-29(23-28)39(42)43)31(25(2)36-24)35(41)45-22-21-37-17-19-38(20-18-37)33(26-11-6-4-7-12-26)27-13-8-5-9-14-27;;/h2*4-16,23,32-33,36H,17-22H2,1-3H3;2*1H. The average Bonchev–Trinajstić information content (AvgIpc) is 0.790. The number of carbonyl (C=O) groups excluding carboxylic acids is 4. The Morgan fingerprint density at radius 3 is 0.989 bits per heavy atom. The van der Waals surface area contributed by atoms with Gasteiger partial charge in [-0.2, -0.15) is 0 Å². The molecule has 4 heterocycles. The van der Waals surface area contributed by atoms with Gasteiger partial charge in [0.15, 0.2) is 0 Å². The van der Waals surface area contributed by atoms with Crippen molar-refractivity contribution < 1.29 is 48.0 Å². The third kappa shape index (κ3) is 16.9. The molecule has 6 aromatic rings. The first-order valence-corrected chi connectivity index (χ1v) is 30.1. The van der Waals surface area contributed by atoms with Crippen LogP contribution >= 0.6 is 24.8 Å². The van der Waals surface area contributed by atoms with E-state index < -0.39 is 45.6 Å². The lowest BCUT2D eigenvalue weighted by atomic mass is 9.80. The molecule has 0 aliphatic carbocycles. The minimum absolute atomic E-state index is 0. The summed E-state index contributed by atoms with van der Waals surface area (Å²) in [6.07, 6.45) is 0. The molecule has 2 unspecified atom stereocenters. The molecule has 92 heavy (non-hydrogen) atoms. The molecule has 0 radical (unpaired) electrons. The first-order chi connectivity index (χ1) is 43.6. The van der Waals surface area contributed by atoms with E-state index in [2.05, 4.69) is 127 Å². The number of piperazine rings is 2. The Kier molecular flexibility index (Phi) is 25.5. The SMILES string of the molecule is COC(=O)C1=C(C)NC(C)=C(C(=O)OCCN2CCN(C(c3ccccc3)c3ccccc3)CC2)C1c1cccc([N+](=O)[O-])c1.COC(=O)C1=C(C)NC(C)=C(C(=O)OCCN2CCN(C(c3ccccc3)c3ccccc3)CC2)C1c1cccc([N+](=O)[O-])c1.Cl.Cl. The molecule has 20 nitrogen and oxygen atoms in total. The lowest BCUT2D eigenvalue weighted by molar-refractivity contribution is -0.385. The van der Waals surface area contributed by atoms with Crippen molar-refractivity contribution in [3.8, 4) is 0 Å². The Hall–Kier alpha value is -9.02. The molecule has 4 aliphatic heterocycles. The molecule has 2 atom stereocenters. The summed E-state index contributed by atoms with van der Waals surface area (Å²) in [4.78, 5) is 84.6. The van der Waals surface area contributed by atoms with Crippen molar-refractivity contribution in [1.82, 2.24) is 30.2 Å². The number of hydrogen-bond donors (Lipinski definition) is 2. The summed E-state index contributed by atoms with van der Waals surface area (Å²) in [5.41, 5.74) is 8.51. The minimum atomic E-state index is -0.887. The van der Waals surface area contributed by atoms with Crippen molar-refractivity contribution in [2.24, 2.45) is 0 Å². The van der Waals surface area contributed by atoms with E-state index in [1.165, 1.54) is 72.9 Å². The van der Waals surface area contributed by atoms with Crippen LogP contribution in [0.2, 0.25) is 0 Å². The summed E-state index contributed by atoms with van der Waals surface area (Å²) in [5.74, 6) is -4.20. The van der Waals surface area contributed by atoms with Crippen LogP contribution in [0.25, 0.3) is 0 Å². The zero-order valence-corrected chi connectivity index (χ0v) is 54.0. The molecule has 2 saturated heterocycles. The second-order valence-corrected chi connectivity index (χ2v) is 22.4. The highest BCUT2D eigenvalue weighted by molar-refractivity contribution is 6.01. The van der Waals surface area contributed by atoms with Gasteiger partial charge in [-0.05, 0) is 61.1 Å². The van der Waals surface area contributed by atoms with E-state index in [0.29, 0.717) is 47.0 Å². The number of methoxy groups -OCH3 is 2. The first-order valence-electron chi connectivity index (χ1n) is 30.1. The monoisotopic (exact) mass is 1290 g/mol. The number of carbonyl (C=O) groups is 4. The van der Waals surface area contributed by atoms with Crippen molar-refractivity contribution in [2.45, 2.75) is 51.6 Å². The number of rotatable bonds is 20. The Morgan fingerprint density at radius 2 is 0.717 bits per heavy atom. The predicted molar refractivity (Wildman–Crippen MR) is 355 cm³/mol. The van der Waals surface area contributed by atoms with Gasteiger partial charge < -0.3 is 29.6 Å². The quantitative estimate of drug-likeness (QED) is 0.0313. The normalized spacial score (nSPS) is 17.3. The van der Waals surface area contributed by atoms with Crippen molar-refractivity contribution in [1.29, 1.82) is 0 Å². The number of nitro benzene ring substituents is 2. The lowest BCUT2D eigenvalue weighted by Gasteiger charge is -2.39. The zero-order chi connectivity index (χ0) is 63.8. The predicted octanol–water partition coefficient (Wildman–Crippen LogP) is 10.7. The molecule has 6 aromatic carbocycles. The van der Waals surface area contributed by atoms with Gasteiger partial charge in [-0.3, -0.25) is 39.8 Å². The Morgan fingerprint density at radius 1 is 0.435 bits per heavy atom. The number of halogens is 2. The second kappa shape index (κ2) is 33.3. The van der Waals surface area contributed by atoms with Gasteiger partial charge in [-0.1, -0.05) is 146 Å². The van der Waals surface area contributed by atoms with Crippen molar-refractivity contribution in [3.05, 3.63) is 269 Å². The molecule has 0 bridgehead atoms. The number of esters is 4. The largest absolute Gasteiger partial charge is 0.466 e. The first kappa shape index (κ1) is 70.4. The van der Waals surface area contributed by atoms with E-state index in [4.69, 9.17) is 18.9 Å². The summed E-state index contributed by atoms with van der Waals surface area (Å²) < 4.78 is 21.7. The molecule has 2 N–H and O–H groups in total. The fourth-order valence-electron chi connectivity index (χ4n) is 12.5. The topological polar surface area (TPSA) is 228 Å². The Labute approximate surface area is 548 Å². The van der Waals surface area contributed by atoms with Gasteiger partial charge in [-0.25, -0.2) is 19.2 Å². The Bertz CT molecular complexity index is 3370. The number of dihydropyridines is 2. The maximum atomic E-state index is 13.6. The lowest BCUT2D eigenvalue weighted by Crippen LogP contribution is -2.48. The van der Waals surface area contributed by atoms with Crippen LogP contribution in [0.15, 0.2) is 215 Å². The van der Waals surface area contributed by atoms with Gasteiger partial charge in [0, 0.05) is 113 Å². The molecular formula is C70H78Cl2N8O12. The van der Waals surface area contributed by atoms with Gasteiger partial charge in [0.1, 0.15) is 13.2 Å². The van der Waals surface area contributed by atoms with E-state index in [1.54, 1.807) is 39.8 Å². The number of non-ortho nitro benzene ring substituents is 2. The van der Waals surface area contributed by atoms with E-state index in [9.17, 15) is 39.4 Å². The summed E-state index contributed by atoms with van der Waals surface area (Å²) in [7, 11) is 2.52. The van der Waals surface area contributed by atoms with Crippen molar-refractivity contribution >= 4 is 60.1 Å². The van der Waals surface area contributed by atoms with Crippen LogP contribution in [-0.4, -0.2) is 146 Å². The summed E-state index contributed by atoms with van der Waals surface area (Å²) in [6, 6.07) is 54.3. The van der Waals surface area contributed by atoms with Crippen LogP contribution in [0, 0.1) is 20.2 Å². The number of nitrogens with one attached hydrogen (secondary N) is 2. The van der Waals surface area contributed by atoms with Crippen molar-refractivity contribution in [2.75, 3.05) is 92.9 Å². The molecule has 0 saturated carbocycles. The number of ether oxygens (including phenoxy) is 4. The van der Waals surface area contributed by atoms with Crippen LogP contribution in [-0.2, 0) is 38.1 Å². The van der Waals surface area contributed by atoms with Gasteiger partial charge >= 0.3 is 23.9 Å². The van der Waals surface area contributed by atoms with E-state index in [-0.39, 0.29) is 83.8 Å². The van der Waals surface area contributed by atoms with Gasteiger partial charge in [0.2, 0.25) is 0 Å². The molecule has 2 fully saturated rings. The fourth-order valence-corrected chi connectivity index (χ4v) is 12.5. The number of nitro groups is 2. The molecule has 484 valence electrons. The van der Waals surface area contributed by atoms with Crippen LogP contribution in [0.3, 0.4) is 0 Å².